The van der Waals surface area contributed by atoms with Crippen LogP contribution in [0.4, 0.5) is 0 Å². The van der Waals surface area contributed by atoms with E-state index in [1.54, 1.807) is 6.08 Å². The van der Waals surface area contributed by atoms with Crippen molar-refractivity contribution in [2.24, 2.45) is 0 Å². The molecule has 422 valence electrons. The SMILES string of the molecule is CCCCC/C=C\C/C=C\CCCCCCCC(=O)OCCCCCCCC/C=C\CCCCCCCCCC(=O)NC(CO)C(O)/C=C/CCCCCCCCCCCCCCCCCCCCCCC. The Morgan fingerprint density at radius 3 is 1.10 bits per heavy atom. The number of aliphatic hydroxyl groups excluding tert-OH is 2. The van der Waals surface area contributed by atoms with Crippen LogP contribution in [0.5, 0.6) is 0 Å². The number of hydrogen-bond donors (Lipinski definition) is 3. The zero-order valence-corrected chi connectivity index (χ0v) is 48.2. The van der Waals surface area contributed by atoms with Crippen molar-refractivity contribution in [2.45, 2.75) is 347 Å². The van der Waals surface area contributed by atoms with Gasteiger partial charge in [0, 0.05) is 12.8 Å². The number of nitrogens with one attached hydrogen (secondary N) is 1. The van der Waals surface area contributed by atoms with Gasteiger partial charge in [0.2, 0.25) is 5.91 Å². The first-order valence-electron chi connectivity index (χ1n) is 31.9. The molecule has 0 aliphatic heterocycles. The van der Waals surface area contributed by atoms with E-state index >= 15 is 0 Å². The third kappa shape index (κ3) is 57.1. The maximum Gasteiger partial charge on any atom is 0.305 e. The zero-order valence-electron chi connectivity index (χ0n) is 48.2. The van der Waals surface area contributed by atoms with Gasteiger partial charge in [-0.25, -0.2) is 0 Å². The molecule has 3 N–H and O–H groups in total. The van der Waals surface area contributed by atoms with Crippen LogP contribution in [0.1, 0.15) is 335 Å². The third-order valence-electron chi connectivity index (χ3n) is 14.6. The fourth-order valence-electron chi connectivity index (χ4n) is 9.66. The van der Waals surface area contributed by atoms with Gasteiger partial charge in [-0.3, -0.25) is 9.59 Å². The van der Waals surface area contributed by atoms with Gasteiger partial charge in [-0.15, -0.1) is 0 Å². The molecule has 0 fully saturated rings. The Balaban J connectivity index is 3.50. The maximum absolute atomic E-state index is 12.5. The lowest BCUT2D eigenvalue weighted by Gasteiger charge is -2.20. The second kappa shape index (κ2) is 61.4. The monoisotopic (exact) mass is 1010 g/mol. The van der Waals surface area contributed by atoms with Gasteiger partial charge in [-0.2, -0.15) is 0 Å². The summed E-state index contributed by atoms with van der Waals surface area (Å²) in [5.41, 5.74) is 0. The Hall–Kier alpha value is -2.18. The average molecular weight is 1010 g/mol. The van der Waals surface area contributed by atoms with Crippen molar-refractivity contribution in [2.75, 3.05) is 13.2 Å². The highest BCUT2D eigenvalue weighted by Crippen LogP contribution is 2.17. The number of carbonyl (C=O) groups is 2. The number of rotatable bonds is 59. The van der Waals surface area contributed by atoms with E-state index in [4.69, 9.17) is 4.74 Å². The van der Waals surface area contributed by atoms with Crippen LogP contribution >= 0.6 is 0 Å². The molecule has 0 saturated carbocycles. The Labute approximate surface area is 448 Å². The summed E-state index contributed by atoms with van der Waals surface area (Å²) in [5.74, 6) is -0.0949. The number of esters is 1. The molecule has 6 nitrogen and oxygen atoms in total. The second-order valence-corrected chi connectivity index (χ2v) is 21.7. The van der Waals surface area contributed by atoms with Crippen LogP contribution in [0, 0.1) is 0 Å². The van der Waals surface area contributed by atoms with E-state index in [2.05, 4.69) is 55.6 Å². The molecule has 0 saturated heterocycles. The number of carbonyl (C=O) groups excluding carboxylic acids is 2. The van der Waals surface area contributed by atoms with Crippen molar-refractivity contribution >= 4 is 11.9 Å². The highest BCUT2D eigenvalue weighted by atomic mass is 16.5. The molecule has 2 unspecified atom stereocenters. The molecule has 0 aromatic carbocycles. The minimum Gasteiger partial charge on any atom is -0.466 e. The summed E-state index contributed by atoms with van der Waals surface area (Å²) in [6, 6.07) is -0.639. The van der Waals surface area contributed by atoms with Gasteiger partial charge in [0.1, 0.15) is 0 Å². The van der Waals surface area contributed by atoms with Gasteiger partial charge in [0.15, 0.2) is 0 Å². The normalized spacial score (nSPS) is 12.9. The topological polar surface area (TPSA) is 95.9 Å². The van der Waals surface area contributed by atoms with Crippen molar-refractivity contribution in [3.8, 4) is 0 Å². The molecule has 2 atom stereocenters. The lowest BCUT2D eigenvalue weighted by Crippen LogP contribution is -2.45. The highest BCUT2D eigenvalue weighted by Gasteiger charge is 2.18. The molecule has 0 radical (unpaired) electrons. The summed E-state index contributed by atoms with van der Waals surface area (Å²) in [4.78, 5) is 24.6. The molecule has 0 aromatic rings. The summed E-state index contributed by atoms with van der Waals surface area (Å²) < 4.78 is 5.47. The first-order chi connectivity index (χ1) is 35.5. The van der Waals surface area contributed by atoms with Crippen LogP contribution < -0.4 is 5.32 Å². The van der Waals surface area contributed by atoms with Crippen LogP contribution in [-0.4, -0.2) is 47.4 Å². The zero-order chi connectivity index (χ0) is 52.2. The molecule has 0 spiro atoms. The summed E-state index contributed by atoms with van der Waals surface area (Å²) in [5, 5.41) is 23.2. The molecule has 0 heterocycles. The minimum absolute atomic E-state index is 0.0167. The van der Waals surface area contributed by atoms with E-state index in [-0.39, 0.29) is 18.5 Å². The predicted octanol–water partition coefficient (Wildman–Crippen LogP) is 20.1. The summed E-state index contributed by atoms with van der Waals surface area (Å²) >= 11 is 0. The molecular weight excluding hydrogens is 887 g/mol. The van der Waals surface area contributed by atoms with E-state index in [1.807, 2.05) is 6.08 Å². The van der Waals surface area contributed by atoms with Crippen LogP contribution in [0.25, 0.3) is 0 Å². The van der Waals surface area contributed by atoms with E-state index in [0.717, 1.165) is 64.2 Å². The van der Waals surface area contributed by atoms with Crippen LogP contribution in [0.2, 0.25) is 0 Å². The summed E-state index contributed by atoms with van der Waals surface area (Å²) in [6.45, 7) is 4.87. The lowest BCUT2D eigenvalue weighted by molar-refractivity contribution is -0.143. The van der Waals surface area contributed by atoms with E-state index in [9.17, 15) is 19.8 Å². The molecule has 0 aliphatic rings. The molecular formula is C66H123NO5. The van der Waals surface area contributed by atoms with Crippen molar-refractivity contribution in [1.82, 2.24) is 5.32 Å². The Bertz CT molecular complexity index is 1210. The number of aliphatic hydroxyl groups is 2. The van der Waals surface area contributed by atoms with Gasteiger partial charge < -0.3 is 20.3 Å². The molecule has 1 amide bonds. The molecule has 72 heavy (non-hydrogen) atoms. The van der Waals surface area contributed by atoms with Crippen LogP contribution in [0.15, 0.2) is 48.6 Å². The first kappa shape index (κ1) is 69.8. The largest absolute Gasteiger partial charge is 0.466 e. The van der Waals surface area contributed by atoms with Crippen molar-refractivity contribution in [3.63, 3.8) is 0 Å². The van der Waals surface area contributed by atoms with E-state index < -0.39 is 12.1 Å². The lowest BCUT2D eigenvalue weighted by atomic mass is 10.0. The second-order valence-electron chi connectivity index (χ2n) is 21.7. The number of allylic oxidation sites excluding steroid dienone is 7. The maximum atomic E-state index is 12.5. The van der Waals surface area contributed by atoms with Crippen molar-refractivity contribution in [3.05, 3.63) is 48.6 Å². The van der Waals surface area contributed by atoms with E-state index in [1.165, 1.54) is 244 Å². The Kier molecular flexibility index (Phi) is 59.5. The summed E-state index contributed by atoms with van der Waals surface area (Å²) in [6.07, 6.45) is 78.6. The van der Waals surface area contributed by atoms with Crippen molar-refractivity contribution < 1.29 is 24.5 Å². The quantitative estimate of drug-likeness (QED) is 0.0320. The third-order valence-corrected chi connectivity index (χ3v) is 14.6. The summed E-state index contributed by atoms with van der Waals surface area (Å²) in [7, 11) is 0. The fraction of sp³-hybridized carbons (Fsp3) is 0.848. The first-order valence-corrected chi connectivity index (χ1v) is 31.9. The van der Waals surface area contributed by atoms with Crippen LogP contribution in [-0.2, 0) is 14.3 Å². The van der Waals surface area contributed by atoms with Crippen LogP contribution in [0.3, 0.4) is 0 Å². The molecule has 0 aromatic heterocycles. The molecule has 0 aliphatic carbocycles. The number of ether oxygens (including phenoxy) is 1. The van der Waals surface area contributed by atoms with Gasteiger partial charge in [-0.1, -0.05) is 281 Å². The van der Waals surface area contributed by atoms with Crippen molar-refractivity contribution in [1.29, 1.82) is 0 Å². The molecule has 0 rings (SSSR count). The Morgan fingerprint density at radius 2 is 0.694 bits per heavy atom. The van der Waals surface area contributed by atoms with E-state index in [0.29, 0.717) is 19.4 Å². The van der Waals surface area contributed by atoms with Gasteiger partial charge in [0.05, 0.1) is 25.4 Å². The predicted molar refractivity (Wildman–Crippen MR) is 315 cm³/mol. The molecule has 0 bridgehead atoms. The van der Waals surface area contributed by atoms with Gasteiger partial charge in [-0.05, 0) is 89.9 Å². The highest BCUT2D eigenvalue weighted by molar-refractivity contribution is 5.76. The van der Waals surface area contributed by atoms with Gasteiger partial charge in [0.25, 0.3) is 0 Å². The Morgan fingerprint density at radius 1 is 0.389 bits per heavy atom. The minimum atomic E-state index is -0.855. The molecule has 6 heteroatoms. The van der Waals surface area contributed by atoms with Gasteiger partial charge >= 0.3 is 5.97 Å². The number of amides is 1. The smallest absolute Gasteiger partial charge is 0.305 e. The fourth-order valence-corrected chi connectivity index (χ4v) is 9.66. The standard InChI is InChI=1S/C66H123NO5/c1-3-5-7-9-11-13-15-17-19-20-21-22-23-24-25-27-31-34-38-42-46-50-54-58-64(69)63(62-68)67-65(70)59-55-51-47-43-39-35-32-28-26-29-33-37-41-45-49-53-57-61-72-66(71)60-56-52-48-44-40-36-30-18-16-14-12-10-8-6-4-2/h12,14,18,26,29-30,54,58,63-64,68-69H,3-11,13,15-17,19-25,27-28,31-53,55-57,59-62H2,1-2H3,(H,67,70)/b14-12-,29-26-,30-18-,58-54+. The average Bonchev–Trinajstić information content (AvgIpc) is 3.38. The number of unbranched alkanes of at least 4 members (excludes halogenated alkanes) is 42. The number of hydrogen-bond acceptors (Lipinski definition) is 5.